The molecule has 1 fully saturated rings. The van der Waals surface area contributed by atoms with Gasteiger partial charge in [0.2, 0.25) is 0 Å². The van der Waals surface area contributed by atoms with E-state index in [1.165, 1.54) is 30.6 Å². The summed E-state index contributed by atoms with van der Waals surface area (Å²) in [7, 11) is 2.01. The SMILES string of the molecule is CNCCC1CCN(Cc2nc3ccsc3c(=O)[nH]2)CC1. The zero-order valence-corrected chi connectivity index (χ0v) is 13.2. The van der Waals surface area contributed by atoms with Gasteiger partial charge in [-0.2, -0.15) is 0 Å². The Morgan fingerprint density at radius 1 is 1.48 bits per heavy atom. The molecule has 3 rings (SSSR count). The highest BCUT2D eigenvalue weighted by Crippen LogP contribution is 2.21. The molecular weight excluding hydrogens is 284 g/mol. The normalized spacial score (nSPS) is 17.6. The summed E-state index contributed by atoms with van der Waals surface area (Å²) >= 11 is 1.45. The molecule has 0 saturated carbocycles. The molecule has 114 valence electrons. The van der Waals surface area contributed by atoms with Crippen LogP contribution in [0.5, 0.6) is 0 Å². The van der Waals surface area contributed by atoms with Crippen molar-refractivity contribution < 1.29 is 0 Å². The molecule has 0 atom stereocenters. The lowest BCUT2D eigenvalue weighted by atomic mass is 9.93. The smallest absolute Gasteiger partial charge is 0.268 e. The summed E-state index contributed by atoms with van der Waals surface area (Å²) in [5, 5.41) is 5.14. The summed E-state index contributed by atoms with van der Waals surface area (Å²) in [6.45, 7) is 4.05. The summed E-state index contributed by atoms with van der Waals surface area (Å²) in [6, 6.07) is 1.92. The van der Waals surface area contributed by atoms with Crippen molar-refractivity contribution in [2.24, 2.45) is 5.92 Å². The Bertz CT molecular complexity index is 642. The van der Waals surface area contributed by atoms with Crippen molar-refractivity contribution in [3.63, 3.8) is 0 Å². The minimum Gasteiger partial charge on any atom is -0.320 e. The largest absolute Gasteiger partial charge is 0.320 e. The first-order chi connectivity index (χ1) is 10.3. The number of hydrogen-bond donors (Lipinski definition) is 2. The van der Waals surface area contributed by atoms with Crippen LogP contribution >= 0.6 is 11.3 Å². The van der Waals surface area contributed by atoms with E-state index in [1.807, 2.05) is 18.5 Å². The van der Waals surface area contributed by atoms with E-state index in [4.69, 9.17) is 0 Å². The third-order valence-electron chi connectivity index (χ3n) is 4.25. The first-order valence-electron chi connectivity index (χ1n) is 7.59. The van der Waals surface area contributed by atoms with E-state index in [-0.39, 0.29) is 5.56 Å². The highest BCUT2D eigenvalue weighted by Gasteiger charge is 2.19. The van der Waals surface area contributed by atoms with E-state index in [2.05, 4.69) is 20.2 Å². The van der Waals surface area contributed by atoms with E-state index in [0.717, 1.165) is 48.1 Å². The van der Waals surface area contributed by atoms with E-state index < -0.39 is 0 Å². The standard InChI is InChI=1S/C15H22N4OS/c1-16-6-2-11-3-7-19(8-4-11)10-13-17-12-5-9-21-14(12)15(20)18-13/h5,9,11,16H,2-4,6-8,10H2,1H3,(H,17,18,20). The average Bonchev–Trinajstić information content (AvgIpc) is 2.95. The topological polar surface area (TPSA) is 61.0 Å². The second-order valence-corrected chi connectivity index (χ2v) is 6.68. The van der Waals surface area contributed by atoms with Crippen molar-refractivity contribution >= 4 is 21.6 Å². The predicted molar refractivity (Wildman–Crippen MR) is 86.8 cm³/mol. The molecule has 21 heavy (non-hydrogen) atoms. The highest BCUT2D eigenvalue weighted by molar-refractivity contribution is 7.17. The van der Waals surface area contributed by atoms with Crippen LogP contribution < -0.4 is 10.9 Å². The number of likely N-dealkylation sites (tertiary alicyclic amines) is 1. The molecule has 1 saturated heterocycles. The number of H-pyrrole nitrogens is 1. The Morgan fingerprint density at radius 3 is 3.05 bits per heavy atom. The van der Waals surface area contributed by atoms with Crippen molar-refractivity contribution in [1.82, 2.24) is 20.2 Å². The molecular formula is C15H22N4OS. The molecule has 0 aromatic carbocycles. The second-order valence-electron chi connectivity index (χ2n) is 5.76. The Balaban J connectivity index is 1.60. The molecule has 0 spiro atoms. The maximum absolute atomic E-state index is 12.0. The Kier molecular flexibility index (Phi) is 4.67. The zero-order chi connectivity index (χ0) is 14.7. The van der Waals surface area contributed by atoms with Gasteiger partial charge in [-0.05, 0) is 63.3 Å². The fraction of sp³-hybridized carbons (Fsp3) is 0.600. The molecule has 0 bridgehead atoms. The summed E-state index contributed by atoms with van der Waals surface area (Å²) in [5.74, 6) is 1.62. The first-order valence-corrected chi connectivity index (χ1v) is 8.47. The number of rotatable bonds is 5. The highest BCUT2D eigenvalue weighted by atomic mass is 32.1. The number of fused-ring (bicyclic) bond motifs is 1. The van der Waals surface area contributed by atoms with Gasteiger partial charge in [0.1, 0.15) is 10.5 Å². The molecule has 1 aliphatic rings. The molecule has 5 nitrogen and oxygen atoms in total. The molecule has 0 amide bonds. The maximum Gasteiger partial charge on any atom is 0.268 e. The number of thiophene rings is 1. The summed E-state index contributed by atoms with van der Waals surface area (Å²) in [6.07, 6.45) is 3.75. The van der Waals surface area contributed by atoms with Gasteiger partial charge in [-0.3, -0.25) is 9.69 Å². The van der Waals surface area contributed by atoms with E-state index in [1.54, 1.807) is 0 Å². The van der Waals surface area contributed by atoms with Crippen LogP contribution in [-0.4, -0.2) is 41.5 Å². The molecule has 0 unspecified atom stereocenters. The number of aromatic nitrogens is 2. The number of aromatic amines is 1. The van der Waals surface area contributed by atoms with Crippen LogP contribution in [0, 0.1) is 5.92 Å². The van der Waals surface area contributed by atoms with Crippen LogP contribution in [0.25, 0.3) is 10.2 Å². The lowest BCUT2D eigenvalue weighted by Crippen LogP contribution is -2.35. The van der Waals surface area contributed by atoms with Gasteiger partial charge in [0.25, 0.3) is 5.56 Å². The van der Waals surface area contributed by atoms with Crippen molar-refractivity contribution in [3.05, 3.63) is 27.6 Å². The summed E-state index contributed by atoms with van der Waals surface area (Å²) < 4.78 is 0.726. The van der Waals surface area contributed by atoms with Crippen molar-refractivity contribution in [2.75, 3.05) is 26.7 Å². The van der Waals surface area contributed by atoms with Gasteiger partial charge in [-0.15, -0.1) is 11.3 Å². The van der Waals surface area contributed by atoms with Crippen molar-refractivity contribution in [2.45, 2.75) is 25.8 Å². The van der Waals surface area contributed by atoms with Gasteiger partial charge in [0, 0.05) is 0 Å². The van der Waals surface area contributed by atoms with Crippen molar-refractivity contribution in [1.29, 1.82) is 0 Å². The minimum absolute atomic E-state index is 0.00564. The van der Waals surface area contributed by atoms with Gasteiger partial charge in [0.05, 0.1) is 12.1 Å². The van der Waals surface area contributed by atoms with Crippen LogP contribution in [0.3, 0.4) is 0 Å². The lowest BCUT2D eigenvalue weighted by Gasteiger charge is -2.31. The number of piperidine rings is 1. The van der Waals surface area contributed by atoms with Gasteiger partial charge in [0.15, 0.2) is 0 Å². The zero-order valence-electron chi connectivity index (χ0n) is 12.4. The Morgan fingerprint density at radius 2 is 2.29 bits per heavy atom. The monoisotopic (exact) mass is 306 g/mol. The van der Waals surface area contributed by atoms with Gasteiger partial charge in [-0.1, -0.05) is 0 Å². The number of nitrogens with one attached hydrogen (secondary N) is 2. The first kappa shape index (κ1) is 14.7. The quantitative estimate of drug-likeness (QED) is 0.884. The minimum atomic E-state index is -0.00564. The summed E-state index contributed by atoms with van der Waals surface area (Å²) in [4.78, 5) is 21.8. The van der Waals surface area contributed by atoms with Crippen LogP contribution in [0.2, 0.25) is 0 Å². The molecule has 2 aromatic heterocycles. The van der Waals surface area contributed by atoms with Gasteiger partial charge < -0.3 is 10.3 Å². The summed E-state index contributed by atoms with van der Waals surface area (Å²) in [5.41, 5.74) is 0.816. The van der Waals surface area contributed by atoms with Crippen LogP contribution in [0.4, 0.5) is 0 Å². The van der Waals surface area contributed by atoms with Gasteiger partial charge >= 0.3 is 0 Å². The number of hydrogen-bond acceptors (Lipinski definition) is 5. The molecule has 3 heterocycles. The lowest BCUT2D eigenvalue weighted by molar-refractivity contribution is 0.169. The molecule has 2 aromatic rings. The third kappa shape index (κ3) is 3.51. The molecule has 6 heteroatoms. The molecule has 0 radical (unpaired) electrons. The second kappa shape index (κ2) is 6.68. The fourth-order valence-corrected chi connectivity index (χ4v) is 3.72. The van der Waals surface area contributed by atoms with Crippen LogP contribution in [0.15, 0.2) is 16.2 Å². The maximum atomic E-state index is 12.0. The number of nitrogens with zero attached hydrogens (tertiary/aromatic N) is 2. The van der Waals surface area contributed by atoms with Crippen molar-refractivity contribution in [3.8, 4) is 0 Å². The van der Waals surface area contributed by atoms with E-state index >= 15 is 0 Å². The average molecular weight is 306 g/mol. The Hall–Kier alpha value is -1.24. The van der Waals surface area contributed by atoms with Crippen LogP contribution in [0.1, 0.15) is 25.1 Å². The Labute approximate surface area is 128 Å². The van der Waals surface area contributed by atoms with Crippen LogP contribution in [-0.2, 0) is 6.54 Å². The predicted octanol–water partition coefficient (Wildman–Crippen LogP) is 1.81. The van der Waals surface area contributed by atoms with E-state index in [9.17, 15) is 4.79 Å². The van der Waals surface area contributed by atoms with Gasteiger partial charge in [-0.25, -0.2) is 4.98 Å². The molecule has 1 aliphatic heterocycles. The third-order valence-corrected chi connectivity index (χ3v) is 5.15. The van der Waals surface area contributed by atoms with E-state index in [0.29, 0.717) is 0 Å². The molecule has 0 aliphatic carbocycles. The molecule has 2 N–H and O–H groups in total. The fourth-order valence-electron chi connectivity index (χ4n) is 2.99.